The number of rotatable bonds is 4. The number of hydrogen-bond donors (Lipinski definition) is 0. The van der Waals surface area contributed by atoms with Gasteiger partial charge in [-0.15, -0.1) is 0 Å². The molecule has 0 saturated heterocycles. The molecular weight excluding hydrogens is 136 g/mol. The molecule has 0 rings (SSSR count). The molecule has 0 saturated carbocycles. The molecule has 0 aliphatic rings. The Labute approximate surface area is 62.5 Å². The fourth-order valence-electron chi connectivity index (χ4n) is 0.799. The van der Waals surface area contributed by atoms with Crippen molar-refractivity contribution in [2.45, 2.75) is 45.6 Å². The summed E-state index contributed by atoms with van der Waals surface area (Å²) in [6.07, 6.45) is 3.13. The maximum atomic E-state index is 5.29. The van der Waals surface area contributed by atoms with Crippen LogP contribution in [-0.4, -0.2) is 5.60 Å². The summed E-state index contributed by atoms with van der Waals surface area (Å²) in [4.78, 5) is 0. The van der Waals surface area contributed by atoms with Gasteiger partial charge >= 0.3 is 0 Å². The number of halogens is 1. The van der Waals surface area contributed by atoms with E-state index in [9.17, 15) is 0 Å². The smallest absolute Gasteiger partial charge is 0.0866 e. The summed E-state index contributed by atoms with van der Waals surface area (Å²) in [6, 6.07) is 0. The van der Waals surface area contributed by atoms with Crippen LogP contribution in [0.25, 0.3) is 0 Å². The van der Waals surface area contributed by atoms with Crippen molar-refractivity contribution in [3.8, 4) is 0 Å². The lowest BCUT2D eigenvalue weighted by molar-refractivity contribution is 0.0871. The highest BCUT2D eigenvalue weighted by Gasteiger charge is 2.20. The first kappa shape index (κ1) is 9.25. The van der Waals surface area contributed by atoms with Crippen LogP contribution in [0.1, 0.15) is 40.0 Å². The molecule has 0 aliphatic heterocycles. The van der Waals surface area contributed by atoms with Gasteiger partial charge in [0.1, 0.15) is 0 Å². The summed E-state index contributed by atoms with van der Waals surface area (Å²) in [5, 5.41) is 0. The van der Waals surface area contributed by atoms with Gasteiger partial charge in [-0.3, -0.25) is 4.29 Å². The molecule has 1 atom stereocenters. The van der Waals surface area contributed by atoms with Crippen LogP contribution in [0, 0.1) is 0 Å². The highest BCUT2D eigenvalue weighted by molar-refractivity contribution is 6.07. The zero-order chi connectivity index (χ0) is 7.33. The van der Waals surface area contributed by atoms with Gasteiger partial charge in [0.15, 0.2) is 0 Å². The minimum absolute atomic E-state index is 0.101. The van der Waals surface area contributed by atoms with Gasteiger partial charge < -0.3 is 0 Å². The van der Waals surface area contributed by atoms with Crippen molar-refractivity contribution in [1.82, 2.24) is 0 Å². The molecule has 56 valence electrons. The van der Waals surface area contributed by atoms with Gasteiger partial charge in [-0.05, 0) is 19.8 Å². The standard InChI is InChI=1S/C7H15ClO/c1-4-6-7(3,5-2)9-8/h4-6H2,1-3H3. The molecular formula is C7H15ClO. The highest BCUT2D eigenvalue weighted by atomic mass is 35.5. The molecule has 0 N–H and O–H groups in total. The molecule has 0 radical (unpaired) electrons. The Morgan fingerprint density at radius 3 is 2.11 bits per heavy atom. The molecule has 0 aromatic carbocycles. The lowest BCUT2D eigenvalue weighted by Gasteiger charge is -2.22. The summed E-state index contributed by atoms with van der Waals surface area (Å²) in [5.74, 6) is 0. The predicted molar refractivity (Wildman–Crippen MR) is 40.5 cm³/mol. The van der Waals surface area contributed by atoms with Crippen LogP contribution < -0.4 is 0 Å². The maximum absolute atomic E-state index is 5.29. The van der Waals surface area contributed by atoms with E-state index in [4.69, 9.17) is 16.2 Å². The van der Waals surface area contributed by atoms with Crippen molar-refractivity contribution < 1.29 is 4.29 Å². The average Bonchev–Trinajstić information content (AvgIpc) is 1.89. The normalized spacial score (nSPS) is 17.3. The van der Waals surface area contributed by atoms with Crippen LogP contribution in [0.3, 0.4) is 0 Å². The molecule has 2 heteroatoms. The Balaban J connectivity index is 3.62. The van der Waals surface area contributed by atoms with Crippen molar-refractivity contribution >= 4 is 11.9 Å². The Morgan fingerprint density at radius 1 is 1.44 bits per heavy atom. The van der Waals surface area contributed by atoms with E-state index in [0.29, 0.717) is 0 Å². The molecule has 1 nitrogen and oxygen atoms in total. The molecule has 0 bridgehead atoms. The minimum atomic E-state index is -0.101. The van der Waals surface area contributed by atoms with Gasteiger partial charge in [-0.25, -0.2) is 0 Å². The summed E-state index contributed by atoms with van der Waals surface area (Å²) >= 11 is 5.29. The first-order valence-electron chi connectivity index (χ1n) is 3.48. The Hall–Kier alpha value is 0.250. The lowest BCUT2D eigenvalue weighted by Crippen LogP contribution is -2.23. The maximum Gasteiger partial charge on any atom is 0.0866 e. The van der Waals surface area contributed by atoms with Crippen molar-refractivity contribution in [2.75, 3.05) is 0 Å². The molecule has 0 heterocycles. The Kier molecular flexibility index (Phi) is 4.24. The van der Waals surface area contributed by atoms with Gasteiger partial charge in [-0.2, -0.15) is 0 Å². The summed E-state index contributed by atoms with van der Waals surface area (Å²) in [6.45, 7) is 6.24. The summed E-state index contributed by atoms with van der Waals surface area (Å²) in [7, 11) is 0. The molecule has 0 amide bonds. The van der Waals surface area contributed by atoms with Crippen molar-refractivity contribution in [1.29, 1.82) is 0 Å². The third-order valence-corrected chi connectivity index (χ3v) is 2.09. The Morgan fingerprint density at radius 2 is 2.00 bits per heavy atom. The van der Waals surface area contributed by atoms with Crippen LogP contribution in [0.4, 0.5) is 0 Å². The van der Waals surface area contributed by atoms with Crippen molar-refractivity contribution in [2.24, 2.45) is 0 Å². The predicted octanol–water partition coefficient (Wildman–Crippen LogP) is 3.13. The fourth-order valence-corrected chi connectivity index (χ4v) is 0.985. The molecule has 0 aromatic heterocycles. The van der Waals surface area contributed by atoms with E-state index < -0.39 is 0 Å². The van der Waals surface area contributed by atoms with Gasteiger partial charge in [0, 0.05) is 0 Å². The van der Waals surface area contributed by atoms with Gasteiger partial charge in [-0.1, -0.05) is 20.3 Å². The average molecular weight is 151 g/mol. The zero-order valence-corrected chi connectivity index (χ0v) is 7.16. The highest BCUT2D eigenvalue weighted by Crippen LogP contribution is 2.22. The molecule has 9 heavy (non-hydrogen) atoms. The molecule has 0 fully saturated rings. The van der Waals surface area contributed by atoms with Gasteiger partial charge in [0.25, 0.3) is 0 Å². The molecule has 0 aliphatic carbocycles. The first-order valence-corrected chi connectivity index (χ1v) is 3.79. The number of hydrogen-bond acceptors (Lipinski definition) is 1. The minimum Gasteiger partial charge on any atom is -0.273 e. The second kappa shape index (κ2) is 4.13. The van der Waals surface area contributed by atoms with E-state index in [1.165, 1.54) is 0 Å². The van der Waals surface area contributed by atoms with E-state index in [2.05, 4.69) is 13.8 Å². The first-order chi connectivity index (χ1) is 4.18. The largest absolute Gasteiger partial charge is 0.273 e. The van der Waals surface area contributed by atoms with Crippen molar-refractivity contribution in [3.05, 3.63) is 0 Å². The zero-order valence-electron chi connectivity index (χ0n) is 6.41. The van der Waals surface area contributed by atoms with E-state index in [0.717, 1.165) is 19.3 Å². The van der Waals surface area contributed by atoms with Gasteiger partial charge in [0.05, 0.1) is 17.5 Å². The van der Waals surface area contributed by atoms with E-state index in [1.54, 1.807) is 0 Å². The Bertz CT molecular complexity index is 69.3. The molecule has 1 unspecified atom stereocenters. The summed E-state index contributed by atoms with van der Waals surface area (Å²) in [5.41, 5.74) is -0.101. The van der Waals surface area contributed by atoms with E-state index in [1.807, 2.05) is 6.92 Å². The summed E-state index contributed by atoms with van der Waals surface area (Å²) < 4.78 is 4.80. The van der Waals surface area contributed by atoms with Crippen LogP contribution in [0.15, 0.2) is 0 Å². The van der Waals surface area contributed by atoms with Gasteiger partial charge in [0.2, 0.25) is 0 Å². The quantitative estimate of drug-likeness (QED) is 0.599. The third kappa shape index (κ3) is 3.07. The fraction of sp³-hybridized carbons (Fsp3) is 1.00. The van der Waals surface area contributed by atoms with E-state index >= 15 is 0 Å². The second-order valence-electron chi connectivity index (χ2n) is 2.63. The third-order valence-electron chi connectivity index (χ3n) is 1.71. The van der Waals surface area contributed by atoms with Crippen LogP contribution in [-0.2, 0) is 4.29 Å². The van der Waals surface area contributed by atoms with Crippen LogP contribution >= 0.6 is 11.9 Å². The van der Waals surface area contributed by atoms with Crippen LogP contribution in [0.2, 0.25) is 0 Å². The SMILES string of the molecule is CCCC(C)(CC)OCl. The lowest BCUT2D eigenvalue weighted by atomic mass is 9.98. The molecule has 0 spiro atoms. The topological polar surface area (TPSA) is 9.23 Å². The monoisotopic (exact) mass is 150 g/mol. The van der Waals surface area contributed by atoms with E-state index in [-0.39, 0.29) is 5.60 Å². The van der Waals surface area contributed by atoms with Crippen molar-refractivity contribution in [3.63, 3.8) is 0 Å². The molecule has 0 aromatic rings. The van der Waals surface area contributed by atoms with Crippen LogP contribution in [0.5, 0.6) is 0 Å². The second-order valence-corrected chi connectivity index (χ2v) is 2.78.